The van der Waals surface area contributed by atoms with Crippen molar-refractivity contribution in [3.8, 4) is 10.4 Å². The molecule has 0 aliphatic heterocycles. The maximum atomic E-state index is 12.9. The van der Waals surface area contributed by atoms with E-state index in [2.05, 4.69) is 11.9 Å². The number of nitrogens with zero attached hydrogens (tertiary/aromatic N) is 3. The molecule has 28 heavy (non-hydrogen) atoms. The summed E-state index contributed by atoms with van der Waals surface area (Å²) in [6, 6.07) is 12.1. The van der Waals surface area contributed by atoms with E-state index >= 15 is 0 Å². The maximum absolute atomic E-state index is 12.9. The van der Waals surface area contributed by atoms with E-state index < -0.39 is 0 Å². The lowest BCUT2D eigenvalue weighted by Crippen LogP contribution is -2.42. The number of carbonyl (C=O) groups excluding carboxylic acids is 1. The molecular formula is C22H25N3O2S. The Morgan fingerprint density at radius 3 is 2.64 bits per heavy atom. The molecule has 1 saturated carbocycles. The fourth-order valence-corrected chi connectivity index (χ4v) is 4.90. The molecule has 0 atom stereocenters. The van der Waals surface area contributed by atoms with Gasteiger partial charge < -0.3 is 4.90 Å². The second-order valence-electron chi connectivity index (χ2n) is 7.79. The molecule has 0 unspecified atom stereocenters. The average molecular weight is 396 g/mol. The van der Waals surface area contributed by atoms with Gasteiger partial charge in [-0.2, -0.15) is 0 Å². The molecule has 1 fully saturated rings. The first-order valence-electron chi connectivity index (χ1n) is 9.83. The van der Waals surface area contributed by atoms with Crippen molar-refractivity contribution in [1.29, 1.82) is 0 Å². The van der Waals surface area contributed by atoms with Gasteiger partial charge in [0.15, 0.2) is 0 Å². The highest BCUT2D eigenvalue weighted by atomic mass is 32.1. The van der Waals surface area contributed by atoms with E-state index in [9.17, 15) is 9.59 Å². The third kappa shape index (κ3) is 3.74. The highest BCUT2D eigenvalue weighted by Crippen LogP contribution is 2.30. The lowest BCUT2D eigenvalue weighted by Gasteiger charge is -2.33. The number of amides is 1. The first-order valence-corrected chi connectivity index (χ1v) is 10.6. The van der Waals surface area contributed by atoms with Gasteiger partial charge in [0.2, 0.25) is 5.91 Å². The van der Waals surface area contributed by atoms with E-state index in [0.717, 1.165) is 42.0 Å². The van der Waals surface area contributed by atoms with Crippen molar-refractivity contribution in [3.05, 3.63) is 53.1 Å². The minimum atomic E-state index is -0.151. The molecule has 0 saturated heterocycles. The molecule has 146 valence electrons. The number of fused-ring (bicyclic) bond motifs is 1. The van der Waals surface area contributed by atoms with Gasteiger partial charge in [-0.1, -0.05) is 37.3 Å². The zero-order chi connectivity index (χ0) is 19.7. The third-order valence-corrected chi connectivity index (χ3v) is 6.90. The van der Waals surface area contributed by atoms with Gasteiger partial charge in [-0.05, 0) is 43.2 Å². The second kappa shape index (κ2) is 7.87. The summed E-state index contributed by atoms with van der Waals surface area (Å²) >= 11 is 1.50. The highest BCUT2D eigenvalue weighted by Gasteiger charge is 2.25. The van der Waals surface area contributed by atoms with Crippen LogP contribution in [0.15, 0.2) is 47.5 Å². The molecule has 0 bridgehead atoms. The zero-order valence-corrected chi connectivity index (χ0v) is 17.1. The molecule has 3 aromatic rings. The second-order valence-corrected chi connectivity index (χ2v) is 8.82. The molecule has 5 nitrogen and oxygen atoms in total. The SMILES string of the molecule is CC1CCC(N(C)C(=O)Cn2cnc3sc(-c4ccccc4)cc3c2=O)CC1. The number of carbonyl (C=O) groups is 1. The summed E-state index contributed by atoms with van der Waals surface area (Å²) in [7, 11) is 1.86. The van der Waals surface area contributed by atoms with Crippen LogP contribution in [-0.4, -0.2) is 33.4 Å². The Balaban J connectivity index is 1.55. The number of hydrogen-bond donors (Lipinski definition) is 0. The van der Waals surface area contributed by atoms with Crippen LogP contribution in [0.1, 0.15) is 32.6 Å². The van der Waals surface area contributed by atoms with E-state index in [4.69, 9.17) is 0 Å². The fraction of sp³-hybridized carbons (Fsp3) is 0.409. The van der Waals surface area contributed by atoms with Gasteiger partial charge in [-0.3, -0.25) is 14.2 Å². The third-order valence-electron chi connectivity index (χ3n) is 5.81. The molecule has 2 heterocycles. The standard InChI is InChI=1S/C22H25N3O2S/c1-15-8-10-17(11-9-15)24(2)20(26)13-25-14-23-21-18(22(25)27)12-19(28-21)16-6-4-3-5-7-16/h3-7,12,14-15,17H,8-11,13H2,1-2H3. The van der Waals surface area contributed by atoms with Crippen molar-refractivity contribution in [3.63, 3.8) is 0 Å². The lowest BCUT2D eigenvalue weighted by atomic mass is 9.87. The Morgan fingerprint density at radius 1 is 1.21 bits per heavy atom. The fourth-order valence-electron chi connectivity index (χ4n) is 3.91. The van der Waals surface area contributed by atoms with Gasteiger partial charge in [0.1, 0.15) is 11.4 Å². The van der Waals surface area contributed by atoms with Crippen LogP contribution in [0, 0.1) is 5.92 Å². The molecule has 4 rings (SSSR count). The number of thiophene rings is 1. The number of rotatable bonds is 4. The van der Waals surface area contributed by atoms with Crippen LogP contribution in [0.3, 0.4) is 0 Å². The van der Waals surface area contributed by atoms with E-state index in [1.165, 1.54) is 22.2 Å². The van der Waals surface area contributed by atoms with Gasteiger partial charge in [0.25, 0.3) is 5.56 Å². The number of hydrogen-bond acceptors (Lipinski definition) is 4. The molecule has 2 aromatic heterocycles. The molecule has 1 aliphatic carbocycles. The van der Waals surface area contributed by atoms with Crippen molar-refractivity contribution in [2.24, 2.45) is 5.92 Å². The summed E-state index contributed by atoms with van der Waals surface area (Å²) < 4.78 is 1.44. The van der Waals surface area contributed by atoms with Crippen LogP contribution in [-0.2, 0) is 11.3 Å². The largest absolute Gasteiger partial charge is 0.341 e. The van der Waals surface area contributed by atoms with Crippen LogP contribution in [0.5, 0.6) is 0 Å². The summed E-state index contributed by atoms with van der Waals surface area (Å²) in [5.41, 5.74) is 0.918. The molecule has 1 amide bonds. The van der Waals surface area contributed by atoms with Crippen LogP contribution in [0.4, 0.5) is 0 Å². The van der Waals surface area contributed by atoms with Crippen molar-refractivity contribution in [2.75, 3.05) is 7.05 Å². The minimum absolute atomic E-state index is 0.0266. The molecule has 6 heteroatoms. The number of aromatic nitrogens is 2. The van der Waals surface area contributed by atoms with E-state index in [1.807, 2.05) is 48.3 Å². The zero-order valence-electron chi connectivity index (χ0n) is 16.3. The topological polar surface area (TPSA) is 55.2 Å². The Morgan fingerprint density at radius 2 is 1.93 bits per heavy atom. The Hall–Kier alpha value is -2.47. The number of benzene rings is 1. The highest BCUT2D eigenvalue weighted by molar-refractivity contribution is 7.21. The summed E-state index contributed by atoms with van der Waals surface area (Å²) in [5, 5.41) is 0.577. The molecule has 0 radical (unpaired) electrons. The summed E-state index contributed by atoms with van der Waals surface area (Å²) in [6.07, 6.45) is 5.91. The van der Waals surface area contributed by atoms with Crippen LogP contribution >= 0.6 is 11.3 Å². The monoisotopic (exact) mass is 395 g/mol. The predicted octanol–water partition coefficient (Wildman–Crippen LogP) is 4.16. The molecule has 1 aliphatic rings. The minimum Gasteiger partial charge on any atom is -0.341 e. The normalized spacial score (nSPS) is 19.6. The van der Waals surface area contributed by atoms with Crippen molar-refractivity contribution in [2.45, 2.75) is 45.2 Å². The number of likely N-dealkylation sites (N-methyl/N-ethyl adjacent to an activating group) is 1. The van der Waals surface area contributed by atoms with E-state index in [0.29, 0.717) is 10.2 Å². The van der Waals surface area contributed by atoms with E-state index in [-0.39, 0.29) is 24.1 Å². The van der Waals surface area contributed by atoms with Crippen molar-refractivity contribution >= 4 is 27.5 Å². The Labute approximate surface area is 168 Å². The molecule has 0 spiro atoms. The first kappa shape index (κ1) is 18.9. The van der Waals surface area contributed by atoms with Gasteiger partial charge in [0.05, 0.1) is 11.7 Å². The van der Waals surface area contributed by atoms with Crippen molar-refractivity contribution < 1.29 is 4.79 Å². The van der Waals surface area contributed by atoms with Gasteiger partial charge in [-0.25, -0.2) is 4.98 Å². The summed E-state index contributed by atoms with van der Waals surface area (Å²) in [6.45, 7) is 2.31. The smallest absolute Gasteiger partial charge is 0.262 e. The van der Waals surface area contributed by atoms with Gasteiger partial charge in [0, 0.05) is 18.0 Å². The Bertz CT molecular complexity index is 1030. The van der Waals surface area contributed by atoms with Crippen molar-refractivity contribution in [1.82, 2.24) is 14.5 Å². The van der Waals surface area contributed by atoms with Crippen LogP contribution < -0.4 is 5.56 Å². The predicted molar refractivity (Wildman–Crippen MR) is 114 cm³/mol. The lowest BCUT2D eigenvalue weighted by molar-refractivity contribution is -0.133. The van der Waals surface area contributed by atoms with Crippen LogP contribution in [0.2, 0.25) is 0 Å². The van der Waals surface area contributed by atoms with Gasteiger partial charge >= 0.3 is 0 Å². The molecule has 1 aromatic carbocycles. The molecule has 0 N–H and O–H groups in total. The molecular weight excluding hydrogens is 370 g/mol. The average Bonchev–Trinajstić information content (AvgIpc) is 3.16. The quantitative estimate of drug-likeness (QED) is 0.666. The van der Waals surface area contributed by atoms with Gasteiger partial charge in [-0.15, -0.1) is 11.3 Å². The van der Waals surface area contributed by atoms with E-state index in [1.54, 1.807) is 0 Å². The Kier molecular flexibility index (Phi) is 5.31. The van der Waals surface area contributed by atoms with Crippen LogP contribution in [0.25, 0.3) is 20.7 Å². The first-order chi connectivity index (χ1) is 13.5. The summed E-state index contributed by atoms with van der Waals surface area (Å²) in [5.74, 6) is 0.715. The summed E-state index contributed by atoms with van der Waals surface area (Å²) in [4.78, 5) is 33.6. The maximum Gasteiger partial charge on any atom is 0.262 e.